The van der Waals surface area contributed by atoms with Gasteiger partial charge in [-0.05, 0) is 35.1 Å². The molecule has 0 saturated heterocycles. The zero-order valence-electron chi connectivity index (χ0n) is 9.08. The number of rotatable bonds is 4. The summed E-state index contributed by atoms with van der Waals surface area (Å²) in [5.41, 5.74) is 0.936. The van der Waals surface area contributed by atoms with E-state index in [1.54, 1.807) is 18.2 Å². The van der Waals surface area contributed by atoms with Crippen LogP contribution < -0.4 is 0 Å². The van der Waals surface area contributed by atoms with Crippen LogP contribution in [0.1, 0.15) is 5.56 Å². The van der Waals surface area contributed by atoms with Crippen molar-refractivity contribution in [3.63, 3.8) is 0 Å². The molecule has 2 rings (SSSR count). The number of hydrogen-bond donors (Lipinski definition) is 0. The topological polar surface area (TPSA) is 73.8 Å². The summed E-state index contributed by atoms with van der Waals surface area (Å²) in [6.07, 6.45) is 1.94. The van der Waals surface area contributed by atoms with E-state index >= 15 is 0 Å². The van der Waals surface area contributed by atoms with E-state index in [0.717, 1.165) is 5.56 Å². The summed E-state index contributed by atoms with van der Waals surface area (Å²) in [6, 6.07) is 5.23. The van der Waals surface area contributed by atoms with E-state index in [0.29, 0.717) is 23.0 Å². The van der Waals surface area contributed by atoms with Crippen molar-refractivity contribution in [1.29, 1.82) is 0 Å². The van der Waals surface area contributed by atoms with Crippen molar-refractivity contribution >= 4 is 29.2 Å². The Hall–Kier alpha value is -1.66. The van der Waals surface area contributed by atoms with Gasteiger partial charge in [0.1, 0.15) is 0 Å². The fraction of sp³-hybridized carbons (Fsp3) is 0.200. The lowest BCUT2D eigenvalue weighted by molar-refractivity contribution is -0.394. The van der Waals surface area contributed by atoms with Gasteiger partial charge in [0.15, 0.2) is 0 Å². The van der Waals surface area contributed by atoms with Gasteiger partial charge in [0.2, 0.25) is 6.33 Å². The molecule has 0 saturated carbocycles. The Balaban J connectivity index is 2.04. The quantitative estimate of drug-likeness (QED) is 0.640. The molecule has 0 N–H and O–H groups in total. The van der Waals surface area contributed by atoms with E-state index in [1.807, 2.05) is 0 Å². The highest BCUT2D eigenvalue weighted by Crippen LogP contribution is 2.19. The highest BCUT2D eigenvalue weighted by atomic mass is 35.5. The lowest BCUT2D eigenvalue weighted by atomic mass is 10.1. The third kappa shape index (κ3) is 3.18. The van der Waals surface area contributed by atoms with Gasteiger partial charge in [0.25, 0.3) is 0 Å². The summed E-state index contributed by atoms with van der Waals surface area (Å²) in [4.78, 5) is 13.3. The molecule has 8 heteroatoms. The third-order valence-corrected chi connectivity index (χ3v) is 2.68. The van der Waals surface area contributed by atoms with Crippen molar-refractivity contribution in [1.82, 2.24) is 14.8 Å². The van der Waals surface area contributed by atoms with Crippen LogP contribution in [0.15, 0.2) is 24.5 Å². The van der Waals surface area contributed by atoms with E-state index in [1.165, 1.54) is 11.0 Å². The summed E-state index contributed by atoms with van der Waals surface area (Å²) in [5, 5.41) is 15.2. The van der Waals surface area contributed by atoms with E-state index in [-0.39, 0.29) is 0 Å². The monoisotopic (exact) mass is 286 g/mol. The average Bonchev–Trinajstić information content (AvgIpc) is 2.73. The van der Waals surface area contributed by atoms with Gasteiger partial charge in [0.05, 0.1) is 6.54 Å². The SMILES string of the molecule is O=[N+]([O-])c1ncn(CCc2cc(Cl)cc(Cl)c2)n1. The largest absolute Gasteiger partial charge is 0.490 e. The minimum atomic E-state index is -0.632. The number of benzene rings is 1. The molecule has 0 fully saturated rings. The summed E-state index contributed by atoms with van der Waals surface area (Å²) in [5.74, 6) is -0.404. The average molecular weight is 287 g/mol. The first-order valence-electron chi connectivity index (χ1n) is 5.03. The van der Waals surface area contributed by atoms with Crippen LogP contribution in [0.3, 0.4) is 0 Å². The molecule has 94 valence electrons. The molecule has 1 heterocycles. The third-order valence-electron chi connectivity index (χ3n) is 2.24. The summed E-state index contributed by atoms with van der Waals surface area (Å²) in [6.45, 7) is 0.470. The highest BCUT2D eigenvalue weighted by Gasteiger charge is 2.12. The Morgan fingerprint density at radius 1 is 1.28 bits per heavy atom. The van der Waals surface area contributed by atoms with Crippen molar-refractivity contribution in [3.8, 4) is 0 Å². The Bertz CT molecular complexity index is 565. The van der Waals surface area contributed by atoms with Crippen molar-refractivity contribution in [2.75, 3.05) is 0 Å². The molecule has 0 bridgehead atoms. The Morgan fingerprint density at radius 3 is 2.50 bits per heavy atom. The first-order chi connectivity index (χ1) is 8.54. The van der Waals surface area contributed by atoms with E-state index in [2.05, 4.69) is 10.1 Å². The number of nitrogens with zero attached hydrogens (tertiary/aromatic N) is 4. The maximum Gasteiger partial charge on any atom is 0.490 e. The second-order valence-corrected chi connectivity index (χ2v) is 4.47. The lowest BCUT2D eigenvalue weighted by Gasteiger charge is -2.01. The van der Waals surface area contributed by atoms with Gasteiger partial charge in [-0.2, -0.15) is 4.68 Å². The van der Waals surface area contributed by atoms with Crippen LogP contribution >= 0.6 is 23.2 Å². The van der Waals surface area contributed by atoms with E-state index in [9.17, 15) is 10.1 Å². The van der Waals surface area contributed by atoms with Crippen molar-refractivity contribution < 1.29 is 4.92 Å². The Morgan fingerprint density at radius 2 is 1.94 bits per heavy atom. The molecule has 6 nitrogen and oxygen atoms in total. The van der Waals surface area contributed by atoms with Gasteiger partial charge >= 0.3 is 5.95 Å². The van der Waals surface area contributed by atoms with Gasteiger partial charge in [0, 0.05) is 15.1 Å². The molecule has 0 atom stereocenters. The molecule has 0 aliphatic rings. The summed E-state index contributed by atoms with van der Waals surface area (Å²) < 4.78 is 1.41. The molecule has 0 aliphatic heterocycles. The summed E-state index contributed by atoms with van der Waals surface area (Å²) >= 11 is 11.7. The van der Waals surface area contributed by atoms with Gasteiger partial charge in [-0.1, -0.05) is 28.2 Å². The van der Waals surface area contributed by atoms with Crippen LogP contribution in [0.2, 0.25) is 10.0 Å². The molecule has 1 aromatic carbocycles. The highest BCUT2D eigenvalue weighted by molar-refractivity contribution is 6.34. The number of nitro groups is 1. The molecule has 1 aromatic heterocycles. The van der Waals surface area contributed by atoms with Crippen LogP contribution in [-0.4, -0.2) is 19.7 Å². The van der Waals surface area contributed by atoms with Crippen LogP contribution in [-0.2, 0) is 13.0 Å². The van der Waals surface area contributed by atoms with E-state index < -0.39 is 10.9 Å². The first kappa shape index (κ1) is 12.8. The molecule has 0 aliphatic carbocycles. The predicted molar refractivity (Wildman–Crippen MR) is 66.8 cm³/mol. The van der Waals surface area contributed by atoms with Crippen LogP contribution in [0.4, 0.5) is 5.95 Å². The Labute approximate surface area is 112 Å². The molecule has 2 aromatic rings. The number of halogens is 2. The number of aryl methyl sites for hydroxylation is 2. The van der Waals surface area contributed by atoms with Gasteiger partial charge in [-0.25, -0.2) is 0 Å². The lowest BCUT2D eigenvalue weighted by Crippen LogP contribution is -2.02. The van der Waals surface area contributed by atoms with Crippen molar-refractivity contribution in [3.05, 3.63) is 50.2 Å². The zero-order valence-corrected chi connectivity index (χ0v) is 10.6. The fourth-order valence-electron chi connectivity index (χ4n) is 1.48. The molecule has 0 amide bonds. The molecule has 0 radical (unpaired) electrons. The van der Waals surface area contributed by atoms with Crippen LogP contribution in [0.25, 0.3) is 0 Å². The first-order valence-corrected chi connectivity index (χ1v) is 5.79. The molecular formula is C10H8Cl2N4O2. The smallest absolute Gasteiger partial charge is 0.390 e. The van der Waals surface area contributed by atoms with Crippen molar-refractivity contribution in [2.45, 2.75) is 13.0 Å². The van der Waals surface area contributed by atoms with Gasteiger partial charge in [-0.3, -0.25) is 0 Å². The normalized spacial score (nSPS) is 10.6. The molecule has 18 heavy (non-hydrogen) atoms. The van der Waals surface area contributed by atoms with Gasteiger partial charge in [-0.15, -0.1) is 0 Å². The number of aromatic nitrogens is 3. The second kappa shape index (κ2) is 5.32. The van der Waals surface area contributed by atoms with Crippen molar-refractivity contribution in [2.24, 2.45) is 0 Å². The standard InChI is InChI=1S/C10H8Cl2N4O2/c11-8-3-7(4-9(12)5-8)1-2-15-6-13-10(14-15)16(17)18/h3-6H,1-2H2. The predicted octanol–water partition coefficient (Wildman–Crippen LogP) is 2.74. The second-order valence-electron chi connectivity index (χ2n) is 3.59. The molecular weight excluding hydrogens is 279 g/mol. The minimum absolute atomic E-state index is 0.404. The number of hydrogen-bond acceptors (Lipinski definition) is 4. The summed E-state index contributed by atoms with van der Waals surface area (Å²) in [7, 11) is 0. The maximum absolute atomic E-state index is 10.4. The maximum atomic E-state index is 10.4. The zero-order chi connectivity index (χ0) is 13.1. The van der Waals surface area contributed by atoms with E-state index in [4.69, 9.17) is 23.2 Å². The molecule has 0 unspecified atom stereocenters. The van der Waals surface area contributed by atoms with Gasteiger partial charge < -0.3 is 10.1 Å². The van der Waals surface area contributed by atoms with Crippen LogP contribution in [0, 0.1) is 10.1 Å². The molecule has 0 spiro atoms. The Kier molecular flexibility index (Phi) is 3.78. The minimum Gasteiger partial charge on any atom is -0.390 e. The van der Waals surface area contributed by atoms with Crippen LogP contribution in [0.5, 0.6) is 0 Å². The fourth-order valence-corrected chi connectivity index (χ4v) is 2.05.